The molecule has 5 heteroatoms. The van der Waals surface area contributed by atoms with Gasteiger partial charge in [-0.3, -0.25) is 4.79 Å². The molecule has 1 amide bonds. The molecular weight excluding hydrogens is 322 g/mol. The number of rotatable bonds is 4. The smallest absolute Gasteiger partial charge is 0.227 e. The first kappa shape index (κ1) is 16.1. The minimum atomic E-state index is -3.04. The van der Waals surface area contributed by atoms with Gasteiger partial charge in [-0.2, -0.15) is 0 Å². The Hall–Kier alpha value is -1.36. The Balaban J connectivity index is 1.58. The number of hydrogen-bond donors (Lipinski definition) is 0. The largest absolute Gasteiger partial charge is 0.311 e. The van der Waals surface area contributed by atoms with Crippen molar-refractivity contribution in [1.29, 1.82) is 0 Å². The van der Waals surface area contributed by atoms with Crippen LogP contribution in [0.5, 0.6) is 0 Å². The summed E-state index contributed by atoms with van der Waals surface area (Å²) in [4.78, 5) is 15.0. The van der Waals surface area contributed by atoms with E-state index < -0.39 is 9.84 Å². The summed E-state index contributed by atoms with van der Waals surface area (Å²) in [5.74, 6) is 0.249. The van der Waals surface area contributed by atoms with E-state index in [2.05, 4.69) is 18.2 Å². The highest BCUT2D eigenvalue weighted by atomic mass is 32.2. The zero-order valence-electron chi connectivity index (χ0n) is 14.3. The Labute approximate surface area is 144 Å². The third-order valence-corrected chi connectivity index (χ3v) is 7.28. The minimum Gasteiger partial charge on any atom is -0.311 e. The van der Waals surface area contributed by atoms with E-state index in [1.165, 1.54) is 24.7 Å². The molecule has 4 rings (SSSR count). The molecule has 1 aliphatic heterocycles. The van der Waals surface area contributed by atoms with Crippen LogP contribution in [-0.2, 0) is 20.0 Å². The second kappa shape index (κ2) is 5.32. The van der Waals surface area contributed by atoms with Crippen molar-refractivity contribution in [2.75, 3.05) is 23.5 Å². The van der Waals surface area contributed by atoms with Gasteiger partial charge in [0.2, 0.25) is 5.91 Å². The van der Waals surface area contributed by atoms with Crippen LogP contribution in [0.25, 0.3) is 0 Å². The number of benzene rings is 1. The number of sulfone groups is 1. The third-order valence-electron chi connectivity index (χ3n) is 6.14. The Morgan fingerprint density at radius 3 is 2.42 bits per heavy atom. The average Bonchev–Trinajstić information content (AvgIpc) is 2.98. The maximum Gasteiger partial charge on any atom is 0.227 e. The van der Waals surface area contributed by atoms with E-state index in [4.69, 9.17) is 0 Å². The van der Waals surface area contributed by atoms with Crippen LogP contribution in [0, 0.1) is 5.41 Å². The summed E-state index contributed by atoms with van der Waals surface area (Å²) < 4.78 is 23.3. The van der Waals surface area contributed by atoms with Crippen LogP contribution in [0.2, 0.25) is 0 Å². The fraction of sp³-hybridized carbons (Fsp3) is 0.632. The van der Waals surface area contributed by atoms with Gasteiger partial charge in [-0.05, 0) is 42.7 Å². The van der Waals surface area contributed by atoms with Crippen molar-refractivity contribution < 1.29 is 13.2 Å². The molecule has 2 saturated carbocycles. The number of carbonyl (C=O) groups excluding carboxylic acids is 1. The monoisotopic (exact) mass is 347 g/mol. The van der Waals surface area contributed by atoms with Crippen molar-refractivity contribution in [2.24, 2.45) is 5.41 Å². The first-order valence-corrected chi connectivity index (χ1v) is 11.0. The van der Waals surface area contributed by atoms with Gasteiger partial charge in [0.25, 0.3) is 0 Å². The molecule has 1 aromatic rings. The quantitative estimate of drug-likeness (QED) is 0.841. The predicted molar refractivity (Wildman–Crippen MR) is 94.9 cm³/mol. The molecule has 0 N–H and O–H groups in total. The lowest BCUT2D eigenvalue weighted by Crippen LogP contribution is -2.37. The van der Waals surface area contributed by atoms with Crippen molar-refractivity contribution in [1.82, 2.24) is 0 Å². The summed E-state index contributed by atoms with van der Waals surface area (Å²) in [7, 11) is -3.04. The van der Waals surface area contributed by atoms with Crippen molar-refractivity contribution in [3.05, 3.63) is 29.8 Å². The third kappa shape index (κ3) is 2.77. The highest BCUT2D eigenvalue weighted by Crippen LogP contribution is 2.53. The molecular formula is C19H25NO3S. The van der Waals surface area contributed by atoms with E-state index in [-0.39, 0.29) is 22.5 Å². The summed E-state index contributed by atoms with van der Waals surface area (Å²) in [6.07, 6.45) is 8.12. The Morgan fingerprint density at radius 2 is 1.79 bits per heavy atom. The van der Waals surface area contributed by atoms with Crippen LogP contribution in [-0.4, -0.2) is 32.9 Å². The minimum absolute atomic E-state index is 0.104. The summed E-state index contributed by atoms with van der Waals surface area (Å²) in [5.41, 5.74) is 2.22. The van der Waals surface area contributed by atoms with Gasteiger partial charge in [-0.1, -0.05) is 31.0 Å². The number of hydrogen-bond acceptors (Lipinski definition) is 3. The lowest BCUT2D eigenvalue weighted by Gasteiger charge is -2.25. The highest BCUT2D eigenvalue weighted by molar-refractivity contribution is 7.90. The molecule has 4 nitrogen and oxygen atoms in total. The van der Waals surface area contributed by atoms with E-state index in [1.807, 2.05) is 11.0 Å². The van der Waals surface area contributed by atoms with E-state index in [0.29, 0.717) is 6.42 Å². The number of anilines is 1. The van der Waals surface area contributed by atoms with E-state index in [9.17, 15) is 13.2 Å². The first-order valence-electron chi connectivity index (χ1n) is 8.90. The molecule has 3 aliphatic rings. The fourth-order valence-electron chi connectivity index (χ4n) is 4.85. The van der Waals surface area contributed by atoms with Crippen LogP contribution < -0.4 is 4.90 Å². The van der Waals surface area contributed by atoms with Crippen LogP contribution >= 0.6 is 0 Å². The van der Waals surface area contributed by atoms with E-state index >= 15 is 0 Å². The van der Waals surface area contributed by atoms with Gasteiger partial charge in [0, 0.05) is 30.3 Å². The van der Waals surface area contributed by atoms with Crippen LogP contribution in [0.4, 0.5) is 5.69 Å². The normalized spacial score (nSPS) is 23.5. The molecule has 0 bridgehead atoms. The first-order chi connectivity index (χ1) is 11.3. The average molecular weight is 347 g/mol. The lowest BCUT2D eigenvalue weighted by molar-refractivity contribution is -0.119. The Bertz CT molecular complexity index is 774. The molecule has 0 unspecified atom stereocenters. The zero-order valence-corrected chi connectivity index (χ0v) is 15.1. The SMILES string of the molecule is CS(=O)(=O)CC1(CC(=O)N2CC3(CCCC3)c3ccccc32)CC1. The van der Waals surface area contributed by atoms with Gasteiger partial charge in [-0.25, -0.2) is 8.42 Å². The number of nitrogens with zero attached hydrogens (tertiary/aromatic N) is 1. The summed E-state index contributed by atoms with van der Waals surface area (Å²) >= 11 is 0. The maximum absolute atomic E-state index is 13.0. The highest BCUT2D eigenvalue weighted by Gasteiger charge is 2.50. The molecule has 130 valence electrons. The topological polar surface area (TPSA) is 54.5 Å². The second-order valence-corrected chi connectivity index (χ2v) is 10.4. The molecule has 0 radical (unpaired) electrons. The van der Waals surface area contributed by atoms with Crippen molar-refractivity contribution in [2.45, 2.75) is 50.4 Å². The fourth-order valence-corrected chi connectivity index (χ4v) is 6.36. The zero-order chi connectivity index (χ0) is 17.0. The van der Waals surface area contributed by atoms with Gasteiger partial charge in [0.05, 0.1) is 5.75 Å². The number of amides is 1. The summed E-state index contributed by atoms with van der Waals surface area (Å²) in [6.45, 7) is 0.778. The molecule has 1 aromatic carbocycles. The predicted octanol–water partition coefficient (Wildman–Crippen LogP) is 3.06. The van der Waals surface area contributed by atoms with Gasteiger partial charge in [-0.15, -0.1) is 0 Å². The van der Waals surface area contributed by atoms with Gasteiger partial charge >= 0.3 is 0 Å². The Morgan fingerprint density at radius 1 is 1.12 bits per heavy atom. The summed E-state index contributed by atoms with van der Waals surface area (Å²) in [5, 5.41) is 0. The second-order valence-electron chi connectivity index (χ2n) is 8.23. The standard InChI is InChI=1S/C19H25NO3S/c1-24(22,23)14-18(10-11-18)12-17(21)20-13-19(8-4-5-9-19)15-6-2-3-7-16(15)20/h2-3,6-7H,4-5,8-14H2,1H3. The van der Waals surface area contributed by atoms with Crippen molar-refractivity contribution >= 4 is 21.4 Å². The summed E-state index contributed by atoms with van der Waals surface area (Å²) in [6, 6.07) is 8.29. The van der Waals surface area contributed by atoms with Gasteiger partial charge in [0.1, 0.15) is 9.84 Å². The molecule has 2 aliphatic carbocycles. The van der Waals surface area contributed by atoms with Gasteiger partial charge in [0.15, 0.2) is 0 Å². The number of carbonyl (C=O) groups is 1. The molecule has 2 fully saturated rings. The van der Waals surface area contributed by atoms with Crippen molar-refractivity contribution in [3.63, 3.8) is 0 Å². The molecule has 24 heavy (non-hydrogen) atoms. The molecule has 0 aromatic heterocycles. The van der Waals surface area contributed by atoms with Crippen LogP contribution in [0.1, 0.15) is 50.5 Å². The maximum atomic E-state index is 13.0. The van der Waals surface area contributed by atoms with Crippen LogP contribution in [0.15, 0.2) is 24.3 Å². The molecule has 1 heterocycles. The van der Waals surface area contributed by atoms with E-state index in [1.54, 1.807) is 0 Å². The van der Waals surface area contributed by atoms with Gasteiger partial charge < -0.3 is 4.90 Å². The molecule has 1 spiro atoms. The van der Waals surface area contributed by atoms with E-state index in [0.717, 1.165) is 37.9 Å². The Kier molecular flexibility index (Phi) is 3.57. The van der Waals surface area contributed by atoms with Crippen LogP contribution in [0.3, 0.4) is 0 Å². The van der Waals surface area contributed by atoms with Crippen molar-refractivity contribution in [3.8, 4) is 0 Å². The lowest BCUT2D eigenvalue weighted by atomic mass is 9.81. The number of para-hydroxylation sites is 1. The molecule has 0 saturated heterocycles. The number of fused-ring (bicyclic) bond motifs is 2. The molecule has 0 atom stereocenters.